The number of carboxylic acids is 1. The van der Waals surface area contributed by atoms with E-state index in [1.807, 2.05) is 23.6 Å². The molecule has 1 saturated carbocycles. The van der Waals surface area contributed by atoms with Crippen LogP contribution in [0.1, 0.15) is 58.3 Å². The van der Waals surface area contributed by atoms with E-state index >= 15 is 0 Å². The SMILES string of the molecule is CCC(=O)N1CCC(C(=O)O)CC1SC1CCCCC1. The van der Waals surface area contributed by atoms with Gasteiger partial charge in [0.15, 0.2) is 0 Å². The fourth-order valence-electron chi connectivity index (χ4n) is 3.19. The number of likely N-dealkylation sites (tertiary alicyclic amines) is 1. The van der Waals surface area contributed by atoms with Crippen molar-refractivity contribution in [3.05, 3.63) is 0 Å². The lowest BCUT2D eigenvalue weighted by atomic mass is 9.96. The predicted molar refractivity (Wildman–Crippen MR) is 80.6 cm³/mol. The highest BCUT2D eigenvalue weighted by Crippen LogP contribution is 2.38. The Morgan fingerprint density at radius 2 is 1.90 bits per heavy atom. The van der Waals surface area contributed by atoms with Crippen molar-refractivity contribution in [2.75, 3.05) is 6.54 Å². The molecule has 0 aromatic carbocycles. The van der Waals surface area contributed by atoms with Crippen LogP contribution in [0.4, 0.5) is 0 Å². The van der Waals surface area contributed by atoms with E-state index < -0.39 is 5.97 Å². The van der Waals surface area contributed by atoms with Gasteiger partial charge in [0.05, 0.1) is 11.3 Å². The molecule has 0 aromatic heterocycles. The summed E-state index contributed by atoms with van der Waals surface area (Å²) in [5.74, 6) is -0.818. The zero-order valence-corrected chi connectivity index (χ0v) is 13.0. The first-order chi connectivity index (χ1) is 9.61. The number of carboxylic acid groups (broad SMARTS) is 1. The Kier molecular flexibility index (Phi) is 5.75. The maximum atomic E-state index is 12.1. The van der Waals surface area contributed by atoms with Gasteiger partial charge < -0.3 is 10.0 Å². The standard InChI is InChI=1S/C15H25NO3S/c1-2-13(17)16-9-8-11(15(18)19)10-14(16)20-12-6-4-3-5-7-12/h11-12,14H,2-10H2,1H3,(H,18,19). The molecular weight excluding hydrogens is 274 g/mol. The number of piperidine rings is 1. The number of thioether (sulfide) groups is 1. The van der Waals surface area contributed by atoms with Gasteiger partial charge in [0, 0.05) is 18.2 Å². The van der Waals surface area contributed by atoms with Crippen molar-refractivity contribution in [1.29, 1.82) is 0 Å². The van der Waals surface area contributed by atoms with Crippen molar-refractivity contribution in [3.8, 4) is 0 Å². The molecule has 2 atom stereocenters. The second-order valence-corrected chi connectivity index (χ2v) is 7.33. The molecule has 1 heterocycles. The lowest BCUT2D eigenvalue weighted by Gasteiger charge is -2.40. The van der Waals surface area contributed by atoms with E-state index in [1.165, 1.54) is 32.1 Å². The summed E-state index contributed by atoms with van der Waals surface area (Å²) in [6.07, 6.45) is 8.02. The number of aliphatic carboxylic acids is 1. The molecule has 2 aliphatic rings. The first kappa shape index (κ1) is 15.7. The van der Waals surface area contributed by atoms with Gasteiger partial charge in [0.2, 0.25) is 5.91 Å². The minimum absolute atomic E-state index is 0.0698. The van der Waals surface area contributed by atoms with Gasteiger partial charge in [0.1, 0.15) is 0 Å². The van der Waals surface area contributed by atoms with Gasteiger partial charge in [-0.15, -0.1) is 11.8 Å². The Morgan fingerprint density at radius 1 is 1.20 bits per heavy atom. The molecule has 1 aliphatic heterocycles. The van der Waals surface area contributed by atoms with Crippen LogP contribution in [-0.2, 0) is 9.59 Å². The first-order valence-corrected chi connectivity index (χ1v) is 8.73. The Hall–Kier alpha value is -0.710. The van der Waals surface area contributed by atoms with Gasteiger partial charge in [-0.3, -0.25) is 9.59 Å². The zero-order chi connectivity index (χ0) is 14.5. The van der Waals surface area contributed by atoms with Crippen LogP contribution in [-0.4, -0.2) is 39.1 Å². The molecule has 0 radical (unpaired) electrons. The Morgan fingerprint density at radius 3 is 2.50 bits per heavy atom. The molecule has 5 heteroatoms. The Labute approximate surface area is 125 Å². The first-order valence-electron chi connectivity index (χ1n) is 7.79. The molecule has 1 N–H and O–H groups in total. The topological polar surface area (TPSA) is 57.6 Å². The third kappa shape index (κ3) is 3.90. The summed E-state index contributed by atoms with van der Waals surface area (Å²) >= 11 is 1.86. The molecule has 0 spiro atoms. The number of rotatable bonds is 4. The van der Waals surface area contributed by atoms with Crippen LogP contribution >= 0.6 is 11.8 Å². The van der Waals surface area contributed by atoms with E-state index in [0.717, 1.165) is 0 Å². The minimum Gasteiger partial charge on any atom is -0.481 e. The molecule has 1 amide bonds. The summed E-state index contributed by atoms with van der Waals surface area (Å²) in [6.45, 7) is 2.49. The van der Waals surface area contributed by atoms with Crippen LogP contribution in [0.3, 0.4) is 0 Å². The van der Waals surface area contributed by atoms with Crippen LogP contribution in [0, 0.1) is 5.92 Å². The van der Waals surface area contributed by atoms with E-state index in [9.17, 15) is 14.7 Å². The average molecular weight is 299 g/mol. The Bertz CT molecular complexity index is 355. The van der Waals surface area contributed by atoms with Gasteiger partial charge in [-0.25, -0.2) is 0 Å². The van der Waals surface area contributed by atoms with E-state index in [-0.39, 0.29) is 17.2 Å². The molecule has 2 rings (SSSR count). The summed E-state index contributed by atoms with van der Waals surface area (Å²) < 4.78 is 0. The summed E-state index contributed by atoms with van der Waals surface area (Å²) in [6, 6.07) is 0. The maximum absolute atomic E-state index is 12.1. The monoisotopic (exact) mass is 299 g/mol. The van der Waals surface area contributed by atoms with Gasteiger partial charge >= 0.3 is 5.97 Å². The minimum atomic E-state index is -0.706. The normalized spacial score (nSPS) is 28.4. The smallest absolute Gasteiger partial charge is 0.306 e. The van der Waals surface area contributed by atoms with E-state index in [1.54, 1.807) is 0 Å². The lowest BCUT2D eigenvalue weighted by Crippen LogP contribution is -2.46. The number of carbonyl (C=O) groups is 2. The summed E-state index contributed by atoms with van der Waals surface area (Å²) in [7, 11) is 0. The fourth-order valence-corrected chi connectivity index (χ4v) is 4.96. The zero-order valence-electron chi connectivity index (χ0n) is 12.2. The number of hydrogen-bond donors (Lipinski definition) is 1. The molecule has 20 heavy (non-hydrogen) atoms. The second-order valence-electron chi connectivity index (χ2n) is 5.85. The van der Waals surface area contributed by atoms with E-state index in [0.29, 0.717) is 31.1 Å². The summed E-state index contributed by atoms with van der Waals surface area (Å²) in [5.41, 5.74) is 0. The van der Waals surface area contributed by atoms with Gasteiger partial charge in [-0.05, 0) is 25.7 Å². The van der Waals surface area contributed by atoms with Crippen LogP contribution in [0.2, 0.25) is 0 Å². The van der Waals surface area contributed by atoms with Crippen LogP contribution in [0.5, 0.6) is 0 Å². The van der Waals surface area contributed by atoms with E-state index in [4.69, 9.17) is 0 Å². The quantitative estimate of drug-likeness (QED) is 0.866. The maximum Gasteiger partial charge on any atom is 0.306 e. The third-order valence-corrected chi connectivity index (χ3v) is 6.04. The third-order valence-electron chi connectivity index (χ3n) is 4.43. The van der Waals surface area contributed by atoms with Crippen molar-refractivity contribution in [2.24, 2.45) is 5.92 Å². The molecule has 2 fully saturated rings. The van der Waals surface area contributed by atoms with Crippen LogP contribution in [0.15, 0.2) is 0 Å². The van der Waals surface area contributed by atoms with Crippen molar-refractivity contribution >= 4 is 23.6 Å². The summed E-state index contributed by atoms with van der Waals surface area (Å²) in [4.78, 5) is 25.2. The van der Waals surface area contributed by atoms with Crippen molar-refractivity contribution in [3.63, 3.8) is 0 Å². The molecule has 4 nitrogen and oxygen atoms in total. The molecular formula is C15H25NO3S. The van der Waals surface area contributed by atoms with Crippen LogP contribution in [0.25, 0.3) is 0 Å². The largest absolute Gasteiger partial charge is 0.481 e. The Balaban J connectivity index is 2.00. The lowest BCUT2D eigenvalue weighted by molar-refractivity contribution is -0.146. The molecule has 1 saturated heterocycles. The average Bonchev–Trinajstić information content (AvgIpc) is 2.47. The van der Waals surface area contributed by atoms with Crippen molar-refractivity contribution in [2.45, 2.75) is 68.9 Å². The fraction of sp³-hybridized carbons (Fsp3) is 0.867. The number of amides is 1. The number of nitrogens with zero attached hydrogens (tertiary/aromatic N) is 1. The predicted octanol–water partition coefficient (Wildman–Crippen LogP) is 3.11. The molecule has 114 valence electrons. The van der Waals surface area contributed by atoms with Gasteiger partial charge in [-0.1, -0.05) is 26.2 Å². The van der Waals surface area contributed by atoms with Crippen molar-refractivity contribution in [1.82, 2.24) is 4.90 Å². The summed E-state index contributed by atoms with van der Waals surface area (Å²) in [5, 5.41) is 9.91. The molecule has 0 aromatic rings. The highest BCUT2D eigenvalue weighted by Gasteiger charge is 2.35. The second kappa shape index (κ2) is 7.34. The molecule has 0 bridgehead atoms. The van der Waals surface area contributed by atoms with Crippen molar-refractivity contribution < 1.29 is 14.7 Å². The highest BCUT2D eigenvalue weighted by molar-refractivity contribution is 8.00. The number of carbonyl (C=O) groups excluding carboxylic acids is 1. The van der Waals surface area contributed by atoms with Crippen LogP contribution < -0.4 is 0 Å². The highest BCUT2D eigenvalue weighted by atomic mass is 32.2. The molecule has 1 aliphatic carbocycles. The van der Waals surface area contributed by atoms with E-state index in [2.05, 4.69) is 0 Å². The number of hydrogen-bond acceptors (Lipinski definition) is 3. The van der Waals surface area contributed by atoms with Gasteiger partial charge in [-0.2, -0.15) is 0 Å². The molecule has 2 unspecified atom stereocenters. The van der Waals surface area contributed by atoms with Gasteiger partial charge in [0.25, 0.3) is 0 Å².